The number of rotatable bonds is 2. The zero-order valence-corrected chi connectivity index (χ0v) is 10.5. The van der Waals surface area contributed by atoms with Crippen LogP contribution in [0.1, 0.15) is 0 Å². The summed E-state index contributed by atoms with van der Waals surface area (Å²) in [4.78, 5) is 0. The number of ether oxygens (including phenoxy) is 1. The Hall–Kier alpha value is -1.95. The quantitative estimate of drug-likeness (QED) is 0.878. The Bertz CT molecular complexity index is 593. The van der Waals surface area contributed by atoms with Crippen molar-refractivity contribution in [2.75, 3.05) is 12.8 Å². The third-order valence-corrected chi connectivity index (χ3v) is 2.83. The largest absolute Gasteiger partial charge is 0.504 e. The molecule has 0 atom stereocenters. The van der Waals surface area contributed by atoms with Gasteiger partial charge in [-0.2, -0.15) is 9.49 Å². The number of hydrogen-bond acceptors (Lipinski definition) is 4. The van der Waals surface area contributed by atoms with Gasteiger partial charge >= 0.3 is 0 Å². The highest BCUT2D eigenvalue weighted by Crippen LogP contribution is 2.40. The van der Waals surface area contributed by atoms with E-state index in [0.29, 0.717) is 11.5 Å². The number of nitrogen functional groups attached to an aromatic ring is 1. The number of aryl methyl sites for hydroxylation is 1. The summed E-state index contributed by atoms with van der Waals surface area (Å²) in [5.74, 6) is -1.32. The second-order valence-electron chi connectivity index (χ2n) is 3.68. The molecule has 0 bridgehead atoms. The van der Waals surface area contributed by atoms with Gasteiger partial charge in [0.15, 0.2) is 11.5 Å². The first-order chi connectivity index (χ1) is 8.45. The number of anilines is 1. The van der Waals surface area contributed by atoms with Gasteiger partial charge in [0, 0.05) is 18.7 Å². The lowest BCUT2D eigenvalue weighted by Gasteiger charge is -2.09. The van der Waals surface area contributed by atoms with Crippen molar-refractivity contribution in [2.24, 2.45) is 7.05 Å². The summed E-state index contributed by atoms with van der Waals surface area (Å²) in [6.45, 7) is 0. The van der Waals surface area contributed by atoms with Gasteiger partial charge in [-0.15, -0.1) is 0 Å². The maximum atomic E-state index is 13.8. The van der Waals surface area contributed by atoms with Gasteiger partial charge in [0.1, 0.15) is 5.82 Å². The Morgan fingerprint density at radius 2 is 2.17 bits per heavy atom. The number of aromatic hydroxyl groups is 1. The lowest BCUT2D eigenvalue weighted by atomic mass is 10.1. The predicted molar refractivity (Wildman–Crippen MR) is 66.2 cm³/mol. The molecule has 0 aliphatic carbocycles. The molecule has 3 N–H and O–H groups in total. The summed E-state index contributed by atoms with van der Waals surface area (Å²) < 4.78 is 20.0. The molecule has 0 aliphatic heterocycles. The Morgan fingerprint density at radius 3 is 2.67 bits per heavy atom. The number of hydrogen-bond donors (Lipinski definition) is 2. The SMILES string of the molecule is COc1c(Cl)cc(-c2cc(N)n(C)n2)c(O)c1F. The molecule has 0 unspecified atom stereocenters. The van der Waals surface area contributed by atoms with Gasteiger partial charge in [-0.1, -0.05) is 11.6 Å². The maximum Gasteiger partial charge on any atom is 0.208 e. The molecule has 0 radical (unpaired) electrons. The number of methoxy groups -OCH3 is 1. The molecular weight excluding hydrogens is 261 g/mol. The third-order valence-electron chi connectivity index (χ3n) is 2.55. The fraction of sp³-hybridized carbons (Fsp3) is 0.182. The molecule has 0 aliphatic rings. The van der Waals surface area contributed by atoms with Crippen LogP contribution in [0.4, 0.5) is 10.2 Å². The van der Waals surface area contributed by atoms with E-state index in [4.69, 9.17) is 22.1 Å². The number of phenolic OH excluding ortho intramolecular Hbond substituents is 1. The number of benzene rings is 1. The Balaban J connectivity index is 2.66. The average molecular weight is 272 g/mol. The maximum absolute atomic E-state index is 13.8. The summed E-state index contributed by atoms with van der Waals surface area (Å²) in [7, 11) is 2.90. The van der Waals surface area contributed by atoms with Crippen LogP contribution in [0, 0.1) is 5.82 Å². The van der Waals surface area contributed by atoms with E-state index in [2.05, 4.69) is 5.10 Å². The molecule has 2 rings (SSSR count). The van der Waals surface area contributed by atoms with E-state index in [1.807, 2.05) is 0 Å². The monoisotopic (exact) mass is 271 g/mol. The lowest BCUT2D eigenvalue weighted by molar-refractivity contribution is 0.365. The zero-order valence-electron chi connectivity index (χ0n) is 9.74. The predicted octanol–water partition coefficient (Wildman–Crippen LogP) is 2.18. The van der Waals surface area contributed by atoms with E-state index in [9.17, 15) is 9.50 Å². The molecule has 0 saturated heterocycles. The van der Waals surface area contributed by atoms with Gasteiger partial charge in [0.25, 0.3) is 0 Å². The van der Waals surface area contributed by atoms with Crippen molar-refractivity contribution in [1.29, 1.82) is 0 Å². The summed E-state index contributed by atoms with van der Waals surface area (Å²) in [6, 6.07) is 2.89. The van der Waals surface area contributed by atoms with Crippen LogP contribution >= 0.6 is 11.6 Å². The summed E-state index contributed by atoms with van der Waals surface area (Å²) >= 11 is 5.86. The van der Waals surface area contributed by atoms with Crippen LogP contribution in [-0.4, -0.2) is 22.0 Å². The minimum atomic E-state index is -0.927. The van der Waals surface area contributed by atoms with Crippen LogP contribution in [0.2, 0.25) is 5.02 Å². The number of phenols is 1. The number of halogens is 2. The normalized spacial score (nSPS) is 10.7. The first-order valence-electron chi connectivity index (χ1n) is 5.00. The molecular formula is C11H11ClFN3O2. The molecule has 0 spiro atoms. The van der Waals surface area contributed by atoms with Crippen LogP contribution in [-0.2, 0) is 7.05 Å². The first kappa shape index (κ1) is 12.5. The molecule has 0 amide bonds. The fourth-order valence-corrected chi connectivity index (χ4v) is 1.86. The molecule has 2 aromatic rings. The molecule has 7 heteroatoms. The van der Waals surface area contributed by atoms with Gasteiger partial charge < -0.3 is 15.6 Å². The first-order valence-corrected chi connectivity index (χ1v) is 5.38. The van der Waals surface area contributed by atoms with Crippen molar-refractivity contribution in [3.8, 4) is 22.8 Å². The summed E-state index contributed by atoms with van der Waals surface area (Å²) in [5.41, 5.74) is 6.12. The van der Waals surface area contributed by atoms with Crippen molar-refractivity contribution in [1.82, 2.24) is 9.78 Å². The van der Waals surface area contributed by atoms with Gasteiger partial charge in [-0.25, -0.2) is 0 Å². The van der Waals surface area contributed by atoms with Crippen molar-refractivity contribution < 1.29 is 14.2 Å². The summed E-state index contributed by atoms with van der Waals surface area (Å²) in [5, 5.41) is 13.9. The number of nitrogens with zero attached hydrogens (tertiary/aromatic N) is 2. The van der Waals surface area contributed by atoms with Crippen molar-refractivity contribution in [2.45, 2.75) is 0 Å². The van der Waals surface area contributed by atoms with Crippen LogP contribution in [0.15, 0.2) is 12.1 Å². The Morgan fingerprint density at radius 1 is 1.50 bits per heavy atom. The highest BCUT2D eigenvalue weighted by atomic mass is 35.5. The molecule has 18 heavy (non-hydrogen) atoms. The smallest absolute Gasteiger partial charge is 0.208 e. The minimum absolute atomic E-state index is 0.0482. The van der Waals surface area contributed by atoms with E-state index < -0.39 is 11.6 Å². The van der Waals surface area contributed by atoms with Crippen LogP contribution in [0.25, 0.3) is 11.3 Å². The Labute approximate surface area is 108 Å². The standard InChI is InChI=1S/C11H11ClFN3O2/c1-16-8(14)4-7(15-16)5-3-6(12)11(18-2)9(13)10(5)17/h3-4,17H,14H2,1-2H3. The van der Waals surface area contributed by atoms with Gasteiger partial charge in [0.05, 0.1) is 17.8 Å². The third kappa shape index (κ3) is 1.84. The molecule has 96 valence electrons. The zero-order chi connectivity index (χ0) is 13.4. The highest BCUT2D eigenvalue weighted by molar-refractivity contribution is 6.32. The van der Waals surface area contributed by atoms with Crippen molar-refractivity contribution in [3.63, 3.8) is 0 Å². The van der Waals surface area contributed by atoms with Crippen LogP contribution in [0.5, 0.6) is 11.5 Å². The molecule has 1 aromatic carbocycles. The second kappa shape index (κ2) is 4.38. The second-order valence-corrected chi connectivity index (χ2v) is 4.09. The molecule has 1 aromatic heterocycles. The number of aromatic nitrogens is 2. The lowest BCUT2D eigenvalue weighted by Crippen LogP contribution is -1.97. The highest BCUT2D eigenvalue weighted by Gasteiger charge is 2.20. The van der Waals surface area contributed by atoms with Crippen molar-refractivity contribution in [3.05, 3.63) is 23.0 Å². The summed E-state index contributed by atoms with van der Waals surface area (Å²) in [6.07, 6.45) is 0. The Kier molecular flexibility index (Phi) is 3.04. The van der Waals surface area contributed by atoms with E-state index >= 15 is 0 Å². The molecule has 5 nitrogen and oxygen atoms in total. The molecule has 0 fully saturated rings. The van der Waals surface area contributed by atoms with Crippen LogP contribution < -0.4 is 10.5 Å². The number of nitrogens with two attached hydrogens (primary N) is 1. The minimum Gasteiger partial charge on any atom is -0.504 e. The van der Waals surface area contributed by atoms with E-state index in [1.165, 1.54) is 23.9 Å². The van der Waals surface area contributed by atoms with Crippen LogP contribution in [0.3, 0.4) is 0 Å². The topological polar surface area (TPSA) is 73.3 Å². The van der Waals surface area contributed by atoms with E-state index in [-0.39, 0.29) is 16.3 Å². The van der Waals surface area contributed by atoms with E-state index in [1.54, 1.807) is 7.05 Å². The van der Waals surface area contributed by atoms with Gasteiger partial charge in [0.2, 0.25) is 5.82 Å². The van der Waals surface area contributed by atoms with Gasteiger partial charge in [-0.05, 0) is 6.07 Å². The van der Waals surface area contributed by atoms with E-state index in [0.717, 1.165) is 0 Å². The molecule has 0 saturated carbocycles. The average Bonchev–Trinajstić information content (AvgIpc) is 2.65. The molecule has 1 heterocycles. The van der Waals surface area contributed by atoms with Crippen molar-refractivity contribution >= 4 is 17.4 Å². The fourth-order valence-electron chi connectivity index (χ4n) is 1.59. The van der Waals surface area contributed by atoms with Gasteiger partial charge in [-0.3, -0.25) is 4.68 Å².